The molecule has 150 valence electrons. The number of pyridine rings is 2. The number of anilines is 2. The van der Waals surface area contributed by atoms with Crippen LogP contribution in [0.1, 0.15) is 19.3 Å². The average Bonchev–Trinajstić information content (AvgIpc) is 3.15. The number of nitrogens with zero attached hydrogens (tertiary/aromatic N) is 4. The highest BCUT2D eigenvalue weighted by Crippen LogP contribution is 2.27. The first kappa shape index (κ1) is 19.2. The van der Waals surface area contributed by atoms with Gasteiger partial charge in [-0.1, -0.05) is 12.1 Å². The summed E-state index contributed by atoms with van der Waals surface area (Å²) in [7, 11) is 4.07. The molecular formula is C23H27N5O. The number of hydrogen-bond donors (Lipinski definition) is 1. The van der Waals surface area contributed by atoms with Crippen LogP contribution < -0.4 is 10.2 Å². The molecule has 3 aromatic rings. The zero-order chi connectivity index (χ0) is 20.2. The van der Waals surface area contributed by atoms with Gasteiger partial charge in [-0.25, -0.2) is 4.98 Å². The van der Waals surface area contributed by atoms with Crippen LogP contribution in [0.5, 0.6) is 0 Å². The molecule has 1 fully saturated rings. The molecule has 3 heterocycles. The van der Waals surface area contributed by atoms with Crippen LogP contribution in [-0.4, -0.2) is 54.5 Å². The van der Waals surface area contributed by atoms with Gasteiger partial charge in [0.1, 0.15) is 5.82 Å². The maximum atomic E-state index is 11.8. The van der Waals surface area contributed by atoms with Crippen LogP contribution in [0, 0.1) is 0 Å². The average molecular weight is 390 g/mol. The van der Waals surface area contributed by atoms with Crippen molar-refractivity contribution >= 4 is 28.3 Å². The first-order valence-corrected chi connectivity index (χ1v) is 10.2. The van der Waals surface area contributed by atoms with Gasteiger partial charge in [0.15, 0.2) is 0 Å². The second kappa shape index (κ2) is 8.47. The molecule has 2 aromatic heterocycles. The van der Waals surface area contributed by atoms with Gasteiger partial charge in [-0.2, -0.15) is 0 Å². The normalized spacial score (nSPS) is 13.9. The third-order valence-electron chi connectivity index (χ3n) is 5.35. The van der Waals surface area contributed by atoms with E-state index in [0.717, 1.165) is 66.1 Å². The zero-order valence-electron chi connectivity index (χ0n) is 17.1. The molecule has 1 N–H and O–H groups in total. The molecule has 6 nitrogen and oxygen atoms in total. The smallest absolute Gasteiger partial charge is 0.222 e. The molecule has 0 radical (unpaired) electrons. The number of carbonyl (C=O) groups excluding carboxylic acids is 1. The summed E-state index contributed by atoms with van der Waals surface area (Å²) in [5.74, 6) is 1.12. The van der Waals surface area contributed by atoms with Gasteiger partial charge < -0.3 is 15.1 Å². The van der Waals surface area contributed by atoms with Crippen molar-refractivity contribution in [2.75, 3.05) is 43.9 Å². The fourth-order valence-corrected chi connectivity index (χ4v) is 3.71. The van der Waals surface area contributed by atoms with E-state index in [-0.39, 0.29) is 5.91 Å². The molecule has 29 heavy (non-hydrogen) atoms. The summed E-state index contributed by atoms with van der Waals surface area (Å²) in [4.78, 5) is 25.2. The lowest BCUT2D eigenvalue weighted by molar-refractivity contribution is -0.127. The standard InChI is InChI=1S/C23H27N5O/c1-27(2)18-10-8-17(9-11-18)20-16-21-19(6-3-12-24-21)23(26-20)25-13-5-15-28-14-4-7-22(28)29/h3,6,8-12,16H,4-5,7,13-15H2,1-2H3,(H,25,26). The summed E-state index contributed by atoms with van der Waals surface area (Å²) in [6.07, 6.45) is 4.39. The monoisotopic (exact) mass is 389 g/mol. The molecule has 1 saturated heterocycles. The second-order valence-electron chi connectivity index (χ2n) is 7.63. The van der Waals surface area contributed by atoms with Crippen LogP contribution in [0.25, 0.3) is 22.2 Å². The van der Waals surface area contributed by atoms with Gasteiger partial charge in [-0.05, 0) is 43.2 Å². The van der Waals surface area contributed by atoms with E-state index < -0.39 is 0 Å². The van der Waals surface area contributed by atoms with Gasteiger partial charge in [-0.3, -0.25) is 9.78 Å². The fraction of sp³-hybridized carbons (Fsp3) is 0.348. The number of nitrogens with one attached hydrogen (secondary N) is 1. The minimum absolute atomic E-state index is 0.279. The summed E-state index contributed by atoms with van der Waals surface area (Å²) in [6.45, 7) is 2.46. The van der Waals surface area contributed by atoms with E-state index in [1.807, 2.05) is 43.4 Å². The van der Waals surface area contributed by atoms with Crippen LogP contribution in [0.15, 0.2) is 48.7 Å². The molecule has 0 aliphatic carbocycles. The van der Waals surface area contributed by atoms with Crippen molar-refractivity contribution in [2.24, 2.45) is 0 Å². The van der Waals surface area contributed by atoms with E-state index in [9.17, 15) is 4.79 Å². The van der Waals surface area contributed by atoms with Gasteiger partial charge in [0.2, 0.25) is 5.91 Å². The zero-order valence-corrected chi connectivity index (χ0v) is 17.1. The van der Waals surface area contributed by atoms with E-state index in [2.05, 4.69) is 39.5 Å². The van der Waals surface area contributed by atoms with Gasteiger partial charge in [0, 0.05) is 63.0 Å². The Bertz CT molecular complexity index is 1000. The highest BCUT2D eigenvalue weighted by Gasteiger charge is 2.19. The van der Waals surface area contributed by atoms with Crippen LogP contribution in [0.2, 0.25) is 0 Å². The third-order valence-corrected chi connectivity index (χ3v) is 5.35. The maximum absolute atomic E-state index is 11.8. The van der Waals surface area contributed by atoms with Crippen molar-refractivity contribution in [1.29, 1.82) is 0 Å². The number of carbonyl (C=O) groups is 1. The predicted octanol–water partition coefficient (Wildman–Crippen LogP) is 3.79. The molecule has 1 aromatic carbocycles. The number of amides is 1. The topological polar surface area (TPSA) is 61.4 Å². The van der Waals surface area contributed by atoms with Crippen molar-refractivity contribution in [1.82, 2.24) is 14.9 Å². The summed E-state index contributed by atoms with van der Waals surface area (Å²) < 4.78 is 0. The number of likely N-dealkylation sites (tertiary alicyclic amines) is 1. The van der Waals surface area contributed by atoms with Crippen molar-refractivity contribution in [3.8, 4) is 11.3 Å². The predicted molar refractivity (Wildman–Crippen MR) is 118 cm³/mol. The van der Waals surface area contributed by atoms with E-state index >= 15 is 0 Å². The fourth-order valence-electron chi connectivity index (χ4n) is 3.71. The third kappa shape index (κ3) is 4.31. The molecule has 0 bridgehead atoms. The van der Waals surface area contributed by atoms with E-state index in [0.29, 0.717) is 6.42 Å². The molecule has 0 unspecified atom stereocenters. The summed E-state index contributed by atoms with van der Waals surface area (Å²) in [5.41, 5.74) is 4.04. The Morgan fingerprint density at radius 1 is 1.17 bits per heavy atom. The molecule has 0 spiro atoms. The highest BCUT2D eigenvalue weighted by atomic mass is 16.2. The lowest BCUT2D eigenvalue weighted by Crippen LogP contribution is -2.27. The summed E-state index contributed by atoms with van der Waals surface area (Å²) in [6, 6.07) is 14.4. The Morgan fingerprint density at radius 3 is 2.72 bits per heavy atom. The first-order chi connectivity index (χ1) is 14.1. The van der Waals surface area contributed by atoms with Crippen LogP contribution >= 0.6 is 0 Å². The Morgan fingerprint density at radius 2 is 2.00 bits per heavy atom. The SMILES string of the molecule is CN(C)c1ccc(-c2cc3ncccc3c(NCCCN3CCCC3=O)n2)cc1. The number of fused-ring (bicyclic) bond motifs is 1. The Labute approximate surface area is 171 Å². The van der Waals surface area contributed by atoms with Gasteiger partial charge in [-0.15, -0.1) is 0 Å². The second-order valence-corrected chi connectivity index (χ2v) is 7.63. The van der Waals surface area contributed by atoms with E-state index in [1.54, 1.807) is 0 Å². The lowest BCUT2D eigenvalue weighted by Gasteiger charge is -2.16. The first-order valence-electron chi connectivity index (χ1n) is 10.2. The summed E-state index contributed by atoms with van der Waals surface area (Å²) in [5, 5.41) is 4.48. The van der Waals surface area contributed by atoms with Gasteiger partial charge >= 0.3 is 0 Å². The molecular weight excluding hydrogens is 362 g/mol. The van der Waals surface area contributed by atoms with E-state index in [1.165, 1.54) is 0 Å². The van der Waals surface area contributed by atoms with E-state index in [4.69, 9.17) is 4.98 Å². The van der Waals surface area contributed by atoms with Crippen LogP contribution in [0.4, 0.5) is 11.5 Å². The molecule has 1 aliphatic heterocycles. The molecule has 4 rings (SSSR count). The molecule has 1 aliphatic rings. The van der Waals surface area contributed by atoms with Gasteiger partial charge in [0.05, 0.1) is 11.2 Å². The highest BCUT2D eigenvalue weighted by molar-refractivity contribution is 5.92. The maximum Gasteiger partial charge on any atom is 0.222 e. The minimum atomic E-state index is 0.279. The number of hydrogen-bond acceptors (Lipinski definition) is 5. The molecule has 6 heteroatoms. The summed E-state index contributed by atoms with van der Waals surface area (Å²) >= 11 is 0. The minimum Gasteiger partial charge on any atom is -0.378 e. The Hall–Kier alpha value is -3.15. The number of aromatic nitrogens is 2. The van der Waals surface area contributed by atoms with Gasteiger partial charge in [0.25, 0.3) is 0 Å². The largest absolute Gasteiger partial charge is 0.378 e. The quantitative estimate of drug-likeness (QED) is 0.623. The number of benzene rings is 1. The Balaban J connectivity index is 1.53. The van der Waals surface area contributed by atoms with Crippen molar-refractivity contribution in [3.63, 3.8) is 0 Å². The van der Waals surface area contributed by atoms with Crippen LogP contribution in [-0.2, 0) is 4.79 Å². The van der Waals surface area contributed by atoms with Crippen molar-refractivity contribution < 1.29 is 4.79 Å². The van der Waals surface area contributed by atoms with Crippen molar-refractivity contribution in [2.45, 2.75) is 19.3 Å². The molecule has 0 atom stereocenters. The lowest BCUT2D eigenvalue weighted by atomic mass is 10.1. The number of rotatable bonds is 7. The molecule has 0 saturated carbocycles. The Kier molecular flexibility index (Phi) is 5.60. The van der Waals surface area contributed by atoms with Crippen molar-refractivity contribution in [3.05, 3.63) is 48.7 Å². The van der Waals surface area contributed by atoms with Crippen LogP contribution in [0.3, 0.4) is 0 Å². The molecule has 1 amide bonds.